The second-order valence-corrected chi connectivity index (χ2v) is 8.46. The molecule has 0 bridgehead atoms. The van der Waals surface area contributed by atoms with Crippen molar-refractivity contribution in [3.8, 4) is 5.75 Å². The summed E-state index contributed by atoms with van der Waals surface area (Å²) in [5.41, 5.74) is 3.66. The molecule has 6 heteroatoms. The highest BCUT2D eigenvalue weighted by Gasteiger charge is 2.31. The first kappa shape index (κ1) is 19.1. The van der Waals surface area contributed by atoms with Gasteiger partial charge in [0.25, 0.3) is 5.91 Å². The number of pyridine rings is 1. The van der Waals surface area contributed by atoms with E-state index in [9.17, 15) is 4.79 Å². The molecule has 2 saturated heterocycles. The highest BCUT2D eigenvalue weighted by molar-refractivity contribution is 5.94. The maximum absolute atomic E-state index is 13.0. The van der Waals surface area contributed by atoms with Crippen LogP contribution in [0.25, 0.3) is 5.65 Å². The van der Waals surface area contributed by atoms with Gasteiger partial charge in [-0.15, -0.1) is 0 Å². The Morgan fingerprint density at radius 1 is 1.13 bits per heavy atom. The average molecular weight is 405 g/mol. The van der Waals surface area contributed by atoms with E-state index in [1.54, 1.807) is 0 Å². The molecular formula is C24H28N4O2. The molecule has 0 radical (unpaired) electrons. The normalized spacial score (nSPS) is 19.6. The van der Waals surface area contributed by atoms with E-state index in [-0.39, 0.29) is 5.91 Å². The number of carbonyl (C=O) groups excluding carboxylic acids is 1. The summed E-state index contributed by atoms with van der Waals surface area (Å²) in [5, 5.41) is 0. The van der Waals surface area contributed by atoms with Gasteiger partial charge < -0.3 is 14.0 Å². The molecule has 2 aromatic heterocycles. The Hall–Kier alpha value is -2.86. The van der Waals surface area contributed by atoms with Crippen molar-refractivity contribution >= 4 is 11.6 Å². The molecule has 156 valence electrons. The minimum atomic E-state index is 0.102. The largest absolute Gasteiger partial charge is 0.487 e. The van der Waals surface area contributed by atoms with E-state index in [0.29, 0.717) is 24.0 Å². The quantitative estimate of drug-likeness (QED) is 0.653. The predicted molar refractivity (Wildman–Crippen MR) is 116 cm³/mol. The fourth-order valence-corrected chi connectivity index (χ4v) is 4.61. The van der Waals surface area contributed by atoms with Gasteiger partial charge in [-0.2, -0.15) is 0 Å². The summed E-state index contributed by atoms with van der Waals surface area (Å²) in [4.78, 5) is 22.2. The number of benzene rings is 1. The van der Waals surface area contributed by atoms with Crippen molar-refractivity contribution in [1.82, 2.24) is 19.2 Å². The fraction of sp³-hybridized carbons (Fsp3) is 0.417. The number of aryl methyl sites for hydroxylation is 1. The molecule has 1 atom stereocenters. The second-order valence-electron chi connectivity index (χ2n) is 8.46. The van der Waals surface area contributed by atoms with Crippen LogP contribution in [0.5, 0.6) is 5.75 Å². The zero-order valence-electron chi connectivity index (χ0n) is 17.5. The van der Waals surface area contributed by atoms with E-state index < -0.39 is 0 Å². The molecule has 2 fully saturated rings. The molecule has 2 aliphatic heterocycles. The number of rotatable bonds is 5. The van der Waals surface area contributed by atoms with Crippen LogP contribution in [0.15, 0.2) is 48.8 Å². The lowest BCUT2D eigenvalue weighted by molar-refractivity contribution is 0.0779. The summed E-state index contributed by atoms with van der Waals surface area (Å²) in [6.07, 6.45) is 7.69. The lowest BCUT2D eigenvalue weighted by atomic mass is 10.2. The van der Waals surface area contributed by atoms with Gasteiger partial charge in [-0.3, -0.25) is 9.69 Å². The summed E-state index contributed by atoms with van der Waals surface area (Å²) >= 11 is 0. The highest BCUT2D eigenvalue weighted by Crippen LogP contribution is 2.23. The first-order chi connectivity index (χ1) is 14.7. The molecule has 0 spiro atoms. The van der Waals surface area contributed by atoms with Crippen LogP contribution in [0.1, 0.15) is 40.9 Å². The lowest BCUT2D eigenvalue weighted by Crippen LogP contribution is -2.37. The highest BCUT2D eigenvalue weighted by atomic mass is 16.5. The van der Waals surface area contributed by atoms with E-state index in [1.165, 1.54) is 31.5 Å². The van der Waals surface area contributed by atoms with Crippen LogP contribution in [0.4, 0.5) is 0 Å². The van der Waals surface area contributed by atoms with Crippen molar-refractivity contribution in [3.05, 3.63) is 65.6 Å². The van der Waals surface area contributed by atoms with Gasteiger partial charge in [-0.05, 0) is 69.1 Å². The third-order valence-corrected chi connectivity index (χ3v) is 6.22. The zero-order chi connectivity index (χ0) is 20.5. The van der Waals surface area contributed by atoms with Crippen molar-refractivity contribution in [2.75, 3.05) is 26.2 Å². The minimum Gasteiger partial charge on any atom is -0.487 e. The summed E-state index contributed by atoms with van der Waals surface area (Å²) in [6, 6.07) is 12.1. The number of fused-ring (bicyclic) bond motifs is 1. The molecule has 3 aromatic rings. The van der Waals surface area contributed by atoms with Gasteiger partial charge in [-0.1, -0.05) is 12.1 Å². The molecule has 2 aliphatic rings. The summed E-state index contributed by atoms with van der Waals surface area (Å²) in [5.74, 6) is 0.801. The number of hydrogen-bond acceptors (Lipinski definition) is 4. The Labute approximate surface area is 177 Å². The average Bonchev–Trinajstić information content (AvgIpc) is 3.51. The van der Waals surface area contributed by atoms with Crippen LogP contribution in [0, 0.1) is 6.92 Å². The Balaban J connectivity index is 1.23. The van der Waals surface area contributed by atoms with Crippen molar-refractivity contribution in [2.45, 2.75) is 38.8 Å². The topological polar surface area (TPSA) is 50.1 Å². The van der Waals surface area contributed by atoms with Crippen LogP contribution in [0.2, 0.25) is 0 Å². The summed E-state index contributed by atoms with van der Waals surface area (Å²) in [6.45, 7) is 6.47. The van der Waals surface area contributed by atoms with Crippen LogP contribution >= 0.6 is 0 Å². The maximum atomic E-state index is 13.0. The van der Waals surface area contributed by atoms with Crippen LogP contribution in [-0.4, -0.2) is 57.3 Å². The van der Waals surface area contributed by atoms with Gasteiger partial charge >= 0.3 is 0 Å². The first-order valence-corrected chi connectivity index (χ1v) is 10.9. The Morgan fingerprint density at radius 3 is 2.87 bits per heavy atom. The lowest BCUT2D eigenvalue weighted by Gasteiger charge is -2.23. The Morgan fingerprint density at radius 2 is 2.00 bits per heavy atom. The Kier molecular flexibility index (Phi) is 5.17. The molecule has 0 N–H and O–H groups in total. The third-order valence-electron chi connectivity index (χ3n) is 6.22. The van der Waals surface area contributed by atoms with Crippen LogP contribution in [-0.2, 0) is 6.61 Å². The number of aromatic nitrogens is 2. The van der Waals surface area contributed by atoms with E-state index in [4.69, 9.17) is 4.74 Å². The molecule has 1 amide bonds. The second kappa shape index (κ2) is 8.11. The minimum absolute atomic E-state index is 0.102. The van der Waals surface area contributed by atoms with E-state index in [2.05, 4.69) is 29.1 Å². The van der Waals surface area contributed by atoms with Gasteiger partial charge in [0.05, 0.1) is 5.69 Å². The van der Waals surface area contributed by atoms with E-state index in [0.717, 1.165) is 30.9 Å². The summed E-state index contributed by atoms with van der Waals surface area (Å²) in [7, 11) is 0. The fourth-order valence-electron chi connectivity index (χ4n) is 4.61. The van der Waals surface area contributed by atoms with Crippen molar-refractivity contribution in [3.63, 3.8) is 0 Å². The number of amides is 1. The third kappa shape index (κ3) is 3.92. The maximum Gasteiger partial charge on any atom is 0.254 e. The summed E-state index contributed by atoms with van der Waals surface area (Å²) < 4.78 is 7.96. The SMILES string of the molecule is Cc1ccc2nc(COc3cccc(C(=O)N4CCC(N5CCCC5)C4)c3)cn2c1. The molecule has 0 aliphatic carbocycles. The first-order valence-electron chi connectivity index (χ1n) is 10.9. The number of likely N-dealkylation sites (tertiary alicyclic amines) is 2. The smallest absolute Gasteiger partial charge is 0.254 e. The molecule has 30 heavy (non-hydrogen) atoms. The standard InChI is InChI=1S/C24H28N4O2/c1-18-7-8-23-25-20(15-28(23)14-18)17-30-22-6-4-5-19(13-22)24(29)27-12-9-21(16-27)26-10-2-3-11-26/h4-8,13-15,21H,2-3,9-12,16-17H2,1H3. The van der Waals surface area contributed by atoms with Gasteiger partial charge in [0.15, 0.2) is 0 Å². The van der Waals surface area contributed by atoms with Gasteiger partial charge in [0, 0.05) is 37.1 Å². The Bertz CT molecular complexity index is 1050. The van der Waals surface area contributed by atoms with Crippen molar-refractivity contribution in [2.24, 2.45) is 0 Å². The molecule has 4 heterocycles. The number of nitrogens with zero attached hydrogens (tertiary/aromatic N) is 4. The van der Waals surface area contributed by atoms with Crippen molar-refractivity contribution < 1.29 is 9.53 Å². The van der Waals surface area contributed by atoms with Gasteiger partial charge in [-0.25, -0.2) is 4.98 Å². The molecule has 1 aromatic carbocycles. The molecular weight excluding hydrogens is 376 g/mol. The van der Waals surface area contributed by atoms with Crippen LogP contribution < -0.4 is 4.74 Å². The predicted octanol–water partition coefficient (Wildman–Crippen LogP) is 3.53. The monoisotopic (exact) mass is 404 g/mol. The molecule has 5 rings (SSSR count). The number of imidazole rings is 1. The zero-order valence-corrected chi connectivity index (χ0v) is 17.5. The van der Waals surface area contributed by atoms with Crippen molar-refractivity contribution in [1.29, 1.82) is 0 Å². The van der Waals surface area contributed by atoms with E-state index >= 15 is 0 Å². The number of ether oxygens (including phenoxy) is 1. The van der Waals surface area contributed by atoms with Crippen LogP contribution in [0.3, 0.4) is 0 Å². The number of carbonyl (C=O) groups is 1. The molecule has 6 nitrogen and oxygen atoms in total. The molecule has 0 saturated carbocycles. The van der Waals surface area contributed by atoms with E-state index in [1.807, 2.05) is 45.8 Å². The van der Waals surface area contributed by atoms with Gasteiger partial charge in [0.1, 0.15) is 18.0 Å². The number of hydrogen-bond donors (Lipinski definition) is 0. The molecule has 1 unspecified atom stereocenters. The van der Waals surface area contributed by atoms with Gasteiger partial charge in [0.2, 0.25) is 0 Å².